The summed E-state index contributed by atoms with van der Waals surface area (Å²) in [6.45, 7) is 12.3. The molecule has 2 aromatic carbocycles. The molecule has 1 N–H and O–H groups in total. The van der Waals surface area contributed by atoms with E-state index >= 15 is 0 Å². The molecule has 0 saturated heterocycles. The van der Waals surface area contributed by atoms with Crippen LogP contribution in [0.1, 0.15) is 289 Å². The van der Waals surface area contributed by atoms with E-state index in [0.717, 1.165) is 85.5 Å². The summed E-state index contributed by atoms with van der Waals surface area (Å²) in [7, 11) is 1.92. The van der Waals surface area contributed by atoms with Crippen molar-refractivity contribution in [1.29, 1.82) is 0 Å². The number of benzene rings is 2. The largest absolute Gasteiger partial charge is 0.490 e. The second-order valence-corrected chi connectivity index (χ2v) is 23.9. The number of nitrogens with one attached hydrogen (secondary N) is 1. The highest BCUT2D eigenvalue weighted by atomic mass is 16.5. The molecule has 12 heteroatoms. The normalized spacial score (nSPS) is 11.6. The van der Waals surface area contributed by atoms with E-state index in [1.807, 2.05) is 71.3 Å². The average Bonchev–Trinajstić information content (AvgIpc) is 3.98. The highest BCUT2D eigenvalue weighted by Crippen LogP contribution is 2.31. The molecule has 0 unspecified atom stereocenters. The minimum Gasteiger partial charge on any atom is -0.490 e. The summed E-state index contributed by atoms with van der Waals surface area (Å²) in [5, 5.41) is 2.88. The monoisotopic (exact) mass is 1170 g/mol. The molecule has 84 heavy (non-hydrogen) atoms. The van der Waals surface area contributed by atoms with E-state index in [0.29, 0.717) is 45.8 Å². The molecule has 3 aromatic rings. The van der Waals surface area contributed by atoms with Gasteiger partial charge >= 0.3 is 11.9 Å². The molecule has 1 aromatic heterocycles. The van der Waals surface area contributed by atoms with Crippen molar-refractivity contribution >= 4 is 17.8 Å². The summed E-state index contributed by atoms with van der Waals surface area (Å²) < 4.78 is 40.9. The van der Waals surface area contributed by atoms with Crippen molar-refractivity contribution < 1.29 is 47.4 Å². The van der Waals surface area contributed by atoms with Crippen LogP contribution in [-0.4, -0.2) is 68.1 Å². The van der Waals surface area contributed by atoms with E-state index < -0.39 is 18.0 Å². The number of hydrogen-bond donors (Lipinski definition) is 1. The Kier molecular flexibility index (Phi) is 45.1. The number of ether oxygens (including phenoxy) is 6. The minimum atomic E-state index is -1.02. The predicted molar refractivity (Wildman–Crippen MR) is 344 cm³/mol. The van der Waals surface area contributed by atoms with Gasteiger partial charge in [-0.1, -0.05) is 245 Å². The van der Waals surface area contributed by atoms with E-state index in [-0.39, 0.29) is 38.4 Å². The zero-order chi connectivity index (χ0) is 60.2. The number of hydrogen-bond acceptors (Lipinski definition) is 9. The molecule has 0 fully saturated rings. The molecule has 1 atom stereocenters. The van der Waals surface area contributed by atoms with Crippen molar-refractivity contribution in [3.63, 3.8) is 0 Å². The molecule has 0 aliphatic rings. The Morgan fingerprint density at radius 1 is 0.440 bits per heavy atom. The van der Waals surface area contributed by atoms with E-state index in [4.69, 9.17) is 28.4 Å². The van der Waals surface area contributed by atoms with Crippen molar-refractivity contribution in [3.05, 3.63) is 66.2 Å². The number of carbonyl (C=O) groups is 3. The van der Waals surface area contributed by atoms with Crippen LogP contribution in [0.3, 0.4) is 0 Å². The number of carbonyl (C=O) groups excluding carboxylic acids is 3. The number of unbranched alkanes of at least 4 members (excludes halogenated alkanes) is 32. The van der Waals surface area contributed by atoms with Gasteiger partial charge in [0.2, 0.25) is 12.2 Å². The molecule has 0 radical (unpaired) electrons. The van der Waals surface area contributed by atoms with Gasteiger partial charge in [0, 0.05) is 19.3 Å². The number of aryl methyl sites for hydroxylation is 2. The lowest BCUT2D eigenvalue weighted by Crippen LogP contribution is -2.42. The number of nitrogens with zero attached hydrogens (tertiary/aromatic N) is 2. The molecule has 12 nitrogen and oxygen atoms in total. The van der Waals surface area contributed by atoms with Gasteiger partial charge in [-0.2, -0.15) is 0 Å². The zero-order valence-corrected chi connectivity index (χ0v) is 54.3. The third-order valence-electron chi connectivity index (χ3n) is 16.0. The molecular weight excluding hydrogens is 1050 g/mol. The van der Waals surface area contributed by atoms with E-state index in [1.165, 1.54) is 180 Å². The Balaban J connectivity index is 1.58. The lowest BCUT2D eigenvalue weighted by molar-refractivity contribution is -0.671. The fourth-order valence-electron chi connectivity index (χ4n) is 10.6. The molecule has 1 amide bonds. The lowest BCUT2D eigenvalue weighted by atomic mass is 10.1. The molecule has 0 aliphatic carbocycles. The first-order valence-electron chi connectivity index (χ1n) is 34.7. The quantitative estimate of drug-likeness (QED) is 0.0334. The first kappa shape index (κ1) is 73.5. The molecule has 0 bridgehead atoms. The van der Waals surface area contributed by atoms with E-state index in [1.54, 1.807) is 0 Å². The second kappa shape index (κ2) is 51.5. The molecule has 0 aliphatic heterocycles. The number of amides is 1. The lowest BCUT2D eigenvalue weighted by Gasteiger charge is -2.18. The van der Waals surface area contributed by atoms with Crippen molar-refractivity contribution in [1.82, 2.24) is 9.88 Å². The topological polar surface area (TPSA) is 127 Å². The highest BCUT2D eigenvalue weighted by molar-refractivity contribution is 5.85. The van der Waals surface area contributed by atoms with Crippen LogP contribution >= 0.6 is 0 Å². The summed E-state index contributed by atoms with van der Waals surface area (Å²) in [4.78, 5) is 40.5. The fourth-order valence-corrected chi connectivity index (χ4v) is 10.6. The van der Waals surface area contributed by atoms with Gasteiger partial charge in [-0.15, -0.1) is 0 Å². The number of rotatable bonds is 58. The molecule has 1 heterocycles. The maximum absolute atomic E-state index is 13.8. The fraction of sp³-hybridized carbons (Fsp3) is 0.750. The summed E-state index contributed by atoms with van der Waals surface area (Å²) in [6, 6.07) is 11.0. The van der Waals surface area contributed by atoms with Crippen LogP contribution in [0.5, 0.6) is 23.0 Å². The van der Waals surface area contributed by atoms with Crippen LogP contribution in [0.15, 0.2) is 55.1 Å². The van der Waals surface area contributed by atoms with Crippen LogP contribution in [-0.2, 0) is 50.3 Å². The highest BCUT2D eigenvalue weighted by Gasteiger charge is 2.24. The smallest absolute Gasteiger partial charge is 0.328 e. The van der Waals surface area contributed by atoms with Crippen LogP contribution in [0.2, 0.25) is 0 Å². The first-order chi connectivity index (χ1) is 41.3. The van der Waals surface area contributed by atoms with Crippen molar-refractivity contribution in [2.24, 2.45) is 7.05 Å². The van der Waals surface area contributed by atoms with Crippen LogP contribution in [0, 0.1) is 0 Å². The Bertz CT molecular complexity index is 2070. The Labute approximate surface area is 512 Å². The molecule has 3 rings (SSSR count). The third kappa shape index (κ3) is 38.3. The van der Waals surface area contributed by atoms with Gasteiger partial charge in [-0.05, 0) is 67.5 Å². The van der Waals surface area contributed by atoms with Gasteiger partial charge in [-0.25, -0.2) is 13.9 Å². The van der Waals surface area contributed by atoms with Crippen LogP contribution in [0.4, 0.5) is 0 Å². The number of aromatic nitrogens is 2. The second-order valence-electron chi connectivity index (χ2n) is 23.9. The van der Waals surface area contributed by atoms with Crippen LogP contribution in [0.25, 0.3) is 0 Å². The van der Waals surface area contributed by atoms with Gasteiger partial charge in [0.1, 0.15) is 18.4 Å². The van der Waals surface area contributed by atoms with E-state index in [2.05, 4.69) is 33.0 Å². The Morgan fingerprint density at radius 3 is 1.17 bits per heavy atom. The summed E-state index contributed by atoms with van der Waals surface area (Å²) in [6.07, 6.45) is 51.8. The van der Waals surface area contributed by atoms with Gasteiger partial charge < -0.3 is 33.7 Å². The maximum atomic E-state index is 13.8. The number of imidazole rings is 1. The van der Waals surface area contributed by atoms with Crippen molar-refractivity contribution in [2.45, 2.75) is 304 Å². The van der Waals surface area contributed by atoms with Gasteiger partial charge in [0.15, 0.2) is 23.0 Å². The average molecular weight is 1170 g/mol. The van der Waals surface area contributed by atoms with Gasteiger partial charge in [0.25, 0.3) is 0 Å². The number of esters is 2. The summed E-state index contributed by atoms with van der Waals surface area (Å²) in [5.41, 5.74) is 1.94. The Morgan fingerprint density at radius 2 is 0.798 bits per heavy atom. The third-order valence-corrected chi connectivity index (χ3v) is 16.0. The van der Waals surface area contributed by atoms with Gasteiger partial charge in [0.05, 0.1) is 59.7 Å². The Hall–Kier alpha value is -4.74. The van der Waals surface area contributed by atoms with Crippen molar-refractivity contribution in [3.8, 4) is 23.0 Å². The molecular formula is C72H122N3O9+. The summed E-state index contributed by atoms with van der Waals surface area (Å²) in [5.74, 6) is 1.63. The van der Waals surface area contributed by atoms with Crippen molar-refractivity contribution in [2.75, 3.05) is 39.6 Å². The van der Waals surface area contributed by atoms with Crippen LogP contribution < -0.4 is 28.8 Å². The first-order valence-corrected chi connectivity index (χ1v) is 34.7. The molecule has 0 saturated carbocycles. The molecule has 478 valence electrons. The standard InChI is InChI=1S/C72H121N3O9/c1-6-10-14-18-22-26-30-34-38-54-79-66-45-42-63(60-68(66)81-56-40-36-32-28-24-20-16-12-8-3)49-58-83-71(77)47-44-65(73-70(76)48-51-75-53-52-74(5)62-75)72(78)84-59-50-64-43-46-67(80-55-39-35-31-27-23-19-15-11-7-2)69(61-64)82-57-41-37-33-29-25-21-17-13-9-4/h42-43,45-46,52-53,60-62,65H,6-41,44,47-51,54-59H2,1-5H3/p+1/t65-/m0/s1. The SMILES string of the molecule is CCCCCCCCCCCOc1ccc(CCOC(=O)CC[C@H](NC(=O)CCn2cc[n+](C)c2)C(=O)OCCc2ccc(OCCCCCCCCCCC)c(OCCCCCCCCCCC)c2)cc1OCCCCCCCCCCC. The predicted octanol–water partition coefficient (Wildman–Crippen LogP) is 18.2. The van der Waals surface area contributed by atoms with Gasteiger partial charge in [-0.3, -0.25) is 9.59 Å². The molecule has 0 spiro atoms. The minimum absolute atomic E-state index is 0.0472. The zero-order valence-electron chi connectivity index (χ0n) is 54.3. The maximum Gasteiger partial charge on any atom is 0.328 e. The van der Waals surface area contributed by atoms with E-state index in [9.17, 15) is 14.4 Å². The summed E-state index contributed by atoms with van der Waals surface area (Å²) >= 11 is 0.